The molecule has 1 aromatic rings. The van der Waals surface area contributed by atoms with Crippen LogP contribution >= 0.6 is 0 Å². The Balaban J connectivity index is 3.19. The van der Waals surface area contributed by atoms with E-state index in [2.05, 4.69) is 4.74 Å². The van der Waals surface area contributed by atoms with Gasteiger partial charge in [0.1, 0.15) is 0 Å². The van der Waals surface area contributed by atoms with Gasteiger partial charge in [-0.25, -0.2) is 4.79 Å². The normalized spacial score (nSPS) is 13.4. The minimum atomic E-state index is -5.30. The molecule has 0 saturated carbocycles. The fraction of sp³-hybridized carbons (Fsp3) is 0.333. The quantitative estimate of drug-likeness (QED) is 0.685. The average molecular weight is 329 g/mol. The molecule has 1 aromatic carbocycles. The van der Waals surface area contributed by atoms with Crippen LogP contribution in [0, 0.1) is 0 Å². The summed E-state index contributed by atoms with van der Waals surface area (Å²) in [5, 5.41) is 1.30. The number of halogens is 6. The third kappa shape index (κ3) is 4.37. The van der Waals surface area contributed by atoms with Gasteiger partial charge in [0.15, 0.2) is 6.04 Å². The van der Waals surface area contributed by atoms with Crippen LogP contribution in [0.2, 0.25) is 0 Å². The van der Waals surface area contributed by atoms with Crippen molar-refractivity contribution >= 4 is 11.9 Å². The summed E-state index contributed by atoms with van der Waals surface area (Å²) in [4.78, 5) is 22.3. The number of hydrogen-bond donors (Lipinski definition) is 1. The van der Waals surface area contributed by atoms with Crippen molar-refractivity contribution in [1.29, 1.82) is 0 Å². The van der Waals surface area contributed by atoms with E-state index in [4.69, 9.17) is 0 Å². The Bertz CT molecular complexity index is 567. The summed E-state index contributed by atoms with van der Waals surface area (Å²) in [5.41, 5.74) is -1.67. The lowest BCUT2D eigenvalue weighted by molar-refractivity contribution is -0.175. The van der Waals surface area contributed by atoms with Crippen molar-refractivity contribution in [2.45, 2.75) is 18.4 Å². The van der Waals surface area contributed by atoms with E-state index < -0.39 is 41.4 Å². The van der Waals surface area contributed by atoms with E-state index in [0.29, 0.717) is 12.1 Å². The van der Waals surface area contributed by atoms with E-state index in [1.165, 1.54) is 5.32 Å². The molecule has 0 heterocycles. The Morgan fingerprint density at radius 1 is 1.14 bits per heavy atom. The molecule has 1 rings (SSSR count). The standard InChI is InChI=1S/C12H9F6NO3/c1-22-9(20)8(19-10(21)12(16,17)18)6-3-2-4-7(5-6)11(13,14)15/h2-5,8H,1H3,(H,19,21). The summed E-state index contributed by atoms with van der Waals surface area (Å²) in [5.74, 6) is -3.81. The van der Waals surface area contributed by atoms with E-state index in [9.17, 15) is 35.9 Å². The lowest BCUT2D eigenvalue weighted by atomic mass is 10.0. The molecule has 0 aliphatic carbocycles. The predicted octanol–water partition coefficient (Wildman–Crippen LogP) is 2.60. The van der Waals surface area contributed by atoms with Gasteiger partial charge in [-0.1, -0.05) is 12.1 Å². The summed E-state index contributed by atoms with van der Waals surface area (Å²) < 4.78 is 78.6. The van der Waals surface area contributed by atoms with Crippen LogP contribution in [0.3, 0.4) is 0 Å². The zero-order chi connectivity index (χ0) is 17.1. The maximum Gasteiger partial charge on any atom is 0.471 e. The highest BCUT2D eigenvalue weighted by atomic mass is 19.4. The number of esters is 1. The molecular weight excluding hydrogens is 320 g/mol. The zero-order valence-corrected chi connectivity index (χ0v) is 10.9. The van der Waals surface area contributed by atoms with Crippen LogP contribution in [0.15, 0.2) is 24.3 Å². The second-order valence-electron chi connectivity index (χ2n) is 4.05. The first-order valence-electron chi connectivity index (χ1n) is 5.59. The number of amides is 1. The van der Waals surface area contributed by atoms with Crippen molar-refractivity contribution in [3.8, 4) is 0 Å². The number of carbonyl (C=O) groups excluding carboxylic acids is 2. The van der Waals surface area contributed by atoms with Crippen molar-refractivity contribution in [3.05, 3.63) is 35.4 Å². The Hall–Kier alpha value is -2.26. The SMILES string of the molecule is COC(=O)C(NC(=O)C(F)(F)F)c1cccc(C(F)(F)F)c1. The molecule has 122 valence electrons. The smallest absolute Gasteiger partial charge is 0.467 e. The van der Waals surface area contributed by atoms with Crippen LogP contribution < -0.4 is 5.32 Å². The maximum absolute atomic E-state index is 12.6. The van der Waals surface area contributed by atoms with Crippen LogP contribution in [-0.4, -0.2) is 25.2 Å². The number of alkyl halides is 6. The summed E-state index contributed by atoms with van der Waals surface area (Å²) in [6, 6.07) is 0.977. The van der Waals surface area contributed by atoms with Gasteiger partial charge in [-0.2, -0.15) is 26.3 Å². The Morgan fingerprint density at radius 3 is 2.18 bits per heavy atom. The monoisotopic (exact) mass is 329 g/mol. The molecule has 0 aliphatic rings. The van der Waals surface area contributed by atoms with Crippen molar-refractivity contribution in [2.24, 2.45) is 0 Å². The van der Waals surface area contributed by atoms with Crippen LogP contribution in [0.5, 0.6) is 0 Å². The topological polar surface area (TPSA) is 55.4 Å². The molecule has 0 aliphatic heterocycles. The molecular formula is C12H9F6NO3. The van der Waals surface area contributed by atoms with Crippen molar-refractivity contribution in [2.75, 3.05) is 7.11 Å². The molecule has 0 saturated heterocycles. The first-order valence-corrected chi connectivity index (χ1v) is 5.59. The van der Waals surface area contributed by atoms with Gasteiger partial charge in [0.2, 0.25) is 0 Å². The highest BCUT2D eigenvalue weighted by molar-refractivity contribution is 5.88. The summed E-state index contributed by atoms with van der Waals surface area (Å²) in [7, 11) is 0.822. The first kappa shape index (κ1) is 17.8. The Labute approximate surface area is 120 Å². The third-order valence-corrected chi connectivity index (χ3v) is 2.52. The number of nitrogens with one attached hydrogen (secondary N) is 1. The highest BCUT2D eigenvalue weighted by Gasteiger charge is 2.41. The lowest BCUT2D eigenvalue weighted by Gasteiger charge is -2.19. The number of hydrogen-bond acceptors (Lipinski definition) is 3. The van der Waals surface area contributed by atoms with Crippen molar-refractivity contribution in [3.63, 3.8) is 0 Å². The number of methoxy groups -OCH3 is 1. The minimum Gasteiger partial charge on any atom is -0.467 e. The summed E-state index contributed by atoms with van der Waals surface area (Å²) in [6.07, 6.45) is -10.1. The second-order valence-corrected chi connectivity index (χ2v) is 4.05. The van der Waals surface area contributed by atoms with Gasteiger partial charge in [0.25, 0.3) is 0 Å². The van der Waals surface area contributed by atoms with Crippen molar-refractivity contribution < 1.29 is 40.7 Å². The van der Waals surface area contributed by atoms with Gasteiger partial charge >= 0.3 is 24.2 Å². The number of ether oxygens (including phenoxy) is 1. The number of rotatable bonds is 3. The molecule has 10 heteroatoms. The average Bonchev–Trinajstić information content (AvgIpc) is 2.41. The number of benzene rings is 1. The molecule has 22 heavy (non-hydrogen) atoms. The third-order valence-electron chi connectivity index (χ3n) is 2.52. The Kier molecular flexibility index (Phi) is 5.05. The van der Waals surface area contributed by atoms with Crippen LogP contribution in [-0.2, 0) is 20.5 Å². The molecule has 0 spiro atoms. The van der Waals surface area contributed by atoms with Gasteiger partial charge in [0, 0.05) is 0 Å². The van der Waals surface area contributed by atoms with Gasteiger partial charge in [-0.3, -0.25) is 4.79 Å². The molecule has 0 fully saturated rings. The second kappa shape index (κ2) is 6.24. The molecule has 1 amide bonds. The van der Waals surface area contributed by atoms with Gasteiger partial charge in [0.05, 0.1) is 12.7 Å². The molecule has 0 radical (unpaired) electrons. The summed E-state index contributed by atoms with van der Waals surface area (Å²) in [6.45, 7) is 0. The minimum absolute atomic E-state index is 0.457. The van der Waals surface area contributed by atoms with E-state index in [1.54, 1.807) is 0 Å². The van der Waals surface area contributed by atoms with Crippen LogP contribution in [0.4, 0.5) is 26.3 Å². The van der Waals surface area contributed by atoms with Gasteiger partial charge in [-0.05, 0) is 17.7 Å². The van der Waals surface area contributed by atoms with Crippen LogP contribution in [0.25, 0.3) is 0 Å². The van der Waals surface area contributed by atoms with Gasteiger partial charge in [-0.15, -0.1) is 0 Å². The fourth-order valence-electron chi connectivity index (χ4n) is 1.50. The summed E-state index contributed by atoms with van der Waals surface area (Å²) >= 11 is 0. The molecule has 1 N–H and O–H groups in total. The van der Waals surface area contributed by atoms with E-state index in [1.807, 2.05) is 0 Å². The Morgan fingerprint density at radius 2 is 1.73 bits per heavy atom. The van der Waals surface area contributed by atoms with E-state index in [0.717, 1.165) is 19.2 Å². The largest absolute Gasteiger partial charge is 0.471 e. The molecule has 1 unspecified atom stereocenters. The van der Waals surface area contributed by atoms with Crippen LogP contribution in [0.1, 0.15) is 17.2 Å². The molecule has 0 bridgehead atoms. The van der Waals surface area contributed by atoms with Crippen molar-refractivity contribution in [1.82, 2.24) is 5.32 Å². The molecule has 4 nitrogen and oxygen atoms in total. The first-order chi connectivity index (χ1) is 9.96. The van der Waals surface area contributed by atoms with E-state index >= 15 is 0 Å². The van der Waals surface area contributed by atoms with E-state index in [-0.39, 0.29) is 0 Å². The molecule has 0 aromatic heterocycles. The fourth-order valence-corrected chi connectivity index (χ4v) is 1.50. The number of carbonyl (C=O) groups is 2. The molecule has 1 atom stereocenters. The highest BCUT2D eigenvalue weighted by Crippen LogP contribution is 2.31. The maximum atomic E-state index is 12.6. The zero-order valence-electron chi connectivity index (χ0n) is 10.9. The lowest BCUT2D eigenvalue weighted by Crippen LogP contribution is -2.42. The van der Waals surface area contributed by atoms with Gasteiger partial charge < -0.3 is 10.1 Å². The predicted molar refractivity (Wildman–Crippen MR) is 60.4 cm³/mol.